The number of hydrogen-bond acceptors (Lipinski definition) is 6. The van der Waals surface area contributed by atoms with Crippen LogP contribution in [0, 0.1) is 0 Å². The van der Waals surface area contributed by atoms with Gasteiger partial charge in [0.15, 0.2) is 5.82 Å². The molecule has 6 nitrogen and oxygen atoms in total. The van der Waals surface area contributed by atoms with E-state index in [2.05, 4.69) is 29.1 Å². The molecule has 1 aromatic heterocycles. The van der Waals surface area contributed by atoms with Crippen LogP contribution in [0.5, 0.6) is 11.6 Å². The first-order chi connectivity index (χ1) is 11.6. The predicted octanol–water partition coefficient (Wildman–Crippen LogP) is 3.57. The Bertz CT molecular complexity index is 667. The summed E-state index contributed by atoms with van der Waals surface area (Å²) in [5.74, 6) is 2.12. The summed E-state index contributed by atoms with van der Waals surface area (Å²) < 4.78 is 11.4. The third-order valence-electron chi connectivity index (χ3n) is 4.13. The maximum Gasteiger partial charge on any atom is 0.248 e. The van der Waals surface area contributed by atoms with Crippen LogP contribution >= 0.6 is 0 Å². The summed E-state index contributed by atoms with van der Waals surface area (Å²) >= 11 is 0. The zero-order valence-corrected chi connectivity index (χ0v) is 14.2. The van der Waals surface area contributed by atoms with E-state index < -0.39 is 0 Å². The van der Waals surface area contributed by atoms with Gasteiger partial charge in [0.1, 0.15) is 17.8 Å². The second-order valence-corrected chi connectivity index (χ2v) is 6.28. The van der Waals surface area contributed by atoms with Crippen molar-refractivity contribution in [2.45, 2.75) is 38.7 Å². The van der Waals surface area contributed by atoms with Gasteiger partial charge >= 0.3 is 0 Å². The fourth-order valence-electron chi connectivity index (χ4n) is 2.65. The van der Waals surface area contributed by atoms with E-state index in [-0.39, 0.29) is 6.10 Å². The van der Waals surface area contributed by atoms with Gasteiger partial charge in [-0.25, -0.2) is 4.98 Å². The molecule has 0 radical (unpaired) electrons. The Morgan fingerprint density at radius 2 is 2.08 bits per heavy atom. The SMILES string of the molecule is CC(C)c1ccc(Oc2ncnc(NCC3CCCO3)c2N)cc1. The van der Waals surface area contributed by atoms with Crippen LogP contribution in [0.1, 0.15) is 38.2 Å². The molecule has 2 aromatic rings. The lowest BCUT2D eigenvalue weighted by Gasteiger charge is -2.14. The minimum absolute atomic E-state index is 0.215. The van der Waals surface area contributed by atoms with Gasteiger partial charge in [0.2, 0.25) is 5.88 Å². The molecule has 6 heteroatoms. The molecule has 3 N–H and O–H groups in total. The summed E-state index contributed by atoms with van der Waals surface area (Å²) in [7, 11) is 0. The first-order valence-electron chi connectivity index (χ1n) is 8.37. The van der Waals surface area contributed by atoms with Crippen molar-refractivity contribution in [2.75, 3.05) is 24.2 Å². The second kappa shape index (κ2) is 7.49. The van der Waals surface area contributed by atoms with Gasteiger partial charge in [-0.3, -0.25) is 0 Å². The molecule has 1 aromatic carbocycles. The van der Waals surface area contributed by atoms with E-state index in [1.54, 1.807) is 0 Å². The standard InChI is InChI=1S/C18H24N4O2/c1-12(2)13-5-7-14(8-6-13)24-18-16(19)17(21-11-22-18)20-10-15-4-3-9-23-15/h5-8,11-12,15H,3-4,9-10,19H2,1-2H3,(H,20,21,22). The zero-order valence-electron chi connectivity index (χ0n) is 14.2. The van der Waals surface area contributed by atoms with E-state index in [0.29, 0.717) is 35.6 Å². The van der Waals surface area contributed by atoms with Gasteiger partial charge in [-0.05, 0) is 36.5 Å². The molecular formula is C18H24N4O2. The maximum atomic E-state index is 6.14. The van der Waals surface area contributed by atoms with Crippen LogP contribution in [-0.4, -0.2) is 29.2 Å². The molecular weight excluding hydrogens is 304 g/mol. The maximum absolute atomic E-state index is 6.14. The van der Waals surface area contributed by atoms with E-state index in [9.17, 15) is 0 Å². The van der Waals surface area contributed by atoms with Crippen molar-refractivity contribution in [1.82, 2.24) is 9.97 Å². The summed E-state index contributed by atoms with van der Waals surface area (Å²) in [5.41, 5.74) is 7.81. The van der Waals surface area contributed by atoms with Crippen LogP contribution in [0.4, 0.5) is 11.5 Å². The fourth-order valence-corrected chi connectivity index (χ4v) is 2.65. The molecule has 2 heterocycles. The Balaban J connectivity index is 1.67. The molecule has 1 fully saturated rings. The van der Waals surface area contributed by atoms with E-state index in [1.165, 1.54) is 11.9 Å². The van der Waals surface area contributed by atoms with Crippen molar-refractivity contribution in [3.8, 4) is 11.6 Å². The van der Waals surface area contributed by atoms with Crippen molar-refractivity contribution >= 4 is 11.5 Å². The summed E-state index contributed by atoms with van der Waals surface area (Å²) in [4.78, 5) is 8.34. The first-order valence-corrected chi connectivity index (χ1v) is 8.37. The smallest absolute Gasteiger partial charge is 0.248 e. The van der Waals surface area contributed by atoms with Gasteiger partial charge < -0.3 is 20.5 Å². The zero-order chi connectivity index (χ0) is 16.9. The molecule has 0 spiro atoms. The summed E-state index contributed by atoms with van der Waals surface area (Å²) in [6, 6.07) is 7.95. The lowest BCUT2D eigenvalue weighted by molar-refractivity contribution is 0.120. The van der Waals surface area contributed by atoms with Gasteiger partial charge in [0.25, 0.3) is 0 Å². The monoisotopic (exact) mass is 328 g/mol. The Hall–Kier alpha value is -2.34. The molecule has 0 aliphatic carbocycles. The summed E-state index contributed by atoms with van der Waals surface area (Å²) in [5, 5.41) is 3.22. The summed E-state index contributed by atoms with van der Waals surface area (Å²) in [6.07, 6.45) is 3.83. The molecule has 1 saturated heterocycles. The molecule has 1 aliphatic heterocycles. The molecule has 1 aliphatic rings. The highest BCUT2D eigenvalue weighted by Crippen LogP contribution is 2.30. The van der Waals surface area contributed by atoms with Crippen LogP contribution < -0.4 is 15.8 Å². The normalized spacial score (nSPS) is 17.2. The largest absolute Gasteiger partial charge is 0.437 e. The molecule has 1 atom stereocenters. The Morgan fingerprint density at radius 3 is 2.75 bits per heavy atom. The average molecular weight is 328 g/mol. The highest BCUT2D eigenvalue weighted by atomic mass is 16.5. The highest BCUT2D eigenvalue weighted by Gasteiger charge is 2.17. The number of nitrogen functional groups attached to an aromatic ring is 1. The first kappa shape index (κ1) is 16.5. The molecule has 128 valence electrons. The van der Waals surface area contributed by atoms with Crippen molar-refractivity contribution in [1.29, 1.82) is 0 Å². The lowest BCUT2D eigenvalue weighted by Crippen LogP contribution is -2.19. The van der Waals surface area contributed by atoms with Crippen LogP contribution in [-0.2, 0) is 4.74 Å². The van der Waals surface area contributed by atoms with Crippen molar-refractivity contribution < 1.29 is 9.47 Å². The second-order valence-electron chi connectivity index (χ2n) is 6.28. The number of ether oxygens (including phenoxy) is 2. The lowest BCUT2D eigenvalue weighted by atomic mass is 10.0. The molecule has 24 heavy (non-hydrogen) atoms. The van der Waals surface area contributed by atoms with Crippen molar-refractivity contribution in [3.63, 3.8) is 0 Å². The minimum atomic E-state index is 0.215. The van der Waals surface area contributed by atoms with Crippen LogP contribution in [0.2, 0.25) is 0 Å². The van der Waals surface area contributed by atoms with Crippen LogP contribution in [0.25, 0.3) is 0 Å². The molecule has 0 bridgehead atoms. The Labute approximate surface area is 142 Å². The quantitative estimate of drug-likeness (QED) is 0.843. The topological polar surface area (TPSA) is 82.3 Å². The van der Waals surface area contributed by atoms with Gasteiger partial charge in [-0.15, -0.1) is 0 Å². The number of anilines is 2. The van der Waals surface area contributed by atoms with Crippen LogP contribution in [0.15, 0.2) is 30.6 Å². The number of nitrogens with one attached hydrogen (secondary N) is 1. The van der Waals surface area contributed by atoms with E-state index >= 15 is 0 Å². The average Bonchev–Trinajstić information content (AvgIpc) is 3.09. The third kappa shape index (κ3) is 3.94. The van der Waals surface area contributed by atoms with Crippen molar-refractivity contribution in [2.24, 2.45) is 0 Å². The van der Waals surface area contributed by atoms with Gasteiger partial charge in [-0.2, -0.15) is 4.98 Å². The van der Waals surface area contributed by atoms with Crippen molar-refractivity contribution in [3.05, 3.63) is 36.2 Å². The highest BCUT2D eigenvalue weighted by molar-refractivity contribution is 5.67. The van der Waals surface area contributed by atoms with E-state index in [1.807, 2.05) is 24.3 Å². The van der Waals surface area contributed by atoms with Gasteiger partial charge in [0, 0.05) is 13.2 Å². The Kier molecular flexibility index (Phi) is 5.15. The molecule has 1 unspecified atom stereocenters. The number of benzene rings is 1. The molecule has 0 amide bonds. The number of aromatic nitrogens is 2. The summed E-state index contributed by atoms with van der Waals surface area (Å²) in [6.45, 7) is 5.82. The molecule has 0 saturated carbocycles. The number of nitrogens with two attached hydrogens (primary N) is 1. The van der Waals surface area contributed by atoms with Gasteiger partial charge in [0.05, 0.1) is 6.10 Å². The third-order valence-corrected chi connectivity index (χ3v) is 4.13. The predicted molar refractivity (Wildman–Crippen MR) is 94.5 cm³/mol. The molecule has 3 rings (SSSR count). The van der Waals surface area contributed by atoms with Gasteiger partial charge in [-0.1, -0.05) is 26.0 Å². The fraction of sp³-hybridized carbons (Fsp3) is 0.444. The van der Waals surface area contributed by atoms with E-state index in [4.69, 9.17) is 15.2 Å². The van der Waals surface area contributed by atoms with Crippen LogP contribution in [0.3, 0.4) is 0 Å². The Morgan fingerprint density at radius 1 is 1.29 bits per heavy atom. The number of hydrogen-bond donors (Lipinski definition) is 2. The minimum Gasteiger partial charge on any atom is -0.437 e. The number of rotatable bonds is 6. The van der Waals surface area contributed by atoms with E-state index in [0.717, 1.165) is 19.4 Å². The number of nitrogens with zero attached hydrogens (tertiary/aromatic N) is 2.